The summed E-state index contributed by atoms with van der Waals surface area (Å²) in [6, 6.07) is 0. The van der Waals surface area contributed by atoms with Crippen LogP contribution in [-0.2, 0) is 0 Å². The van der Waals surface area contributed by atoms with Crippen molar-refractivity contribution in [1.82, 2.24) is 0 Å². The maximum absolute atomic E-state index is 5.98. The Kier molecular flexibility index (Phi) is 3.45. The van der Waals surface area contributed by atoms with Crippen LogP contribution in [0.25, 0.3) is 0 Å². The van der Waals surface area contributed by atoms with E-state index in [9.17, 15) is 0 Å². The van der Waals surface area contributed by atoms with Crippen molar-refractivity contribution in [3.63, 3.8) is 0 Å². The summed E-state index contributed by atoms with van der Waals surface area (Å²) in [6.45, 7) is 4.32. The van der Waals surface area contributed by atoms with Crippen molar-refractivity contribution in [3.8, 4) is 0 Å². The summed E-state index contributed by atoms with van der Waals surface area (Å²) >= 11 is 5.98. The lowest BCUT2D eigenvalue weighted by molar-refractivity contribution is 0.558. The Hall–Kier alpha value is 0.0300. The lowest BCUT2D eigenvalue weighted by Gasteiger charge is -2.13. The number of halogens is 1. The molecule has 64 valence electrons. The van der Waals surface area contributed by atoms with Gasteiger partial charge in [-0.25, -0.2) is 0 Å². The lowest BCUT2D eigenvalue weighted by atomic mass is 9.98. The predicted octanol–water partition coefficient (Wildman–Crippen LogP) is 3.75. The molecule has 11 heavy (non-hydrogen) atoms. The van der Waals surface area contributed by atoms with Crippen molar-refractivity contribution in [2.24, 2.45) is 5.92 Å². The molecule has 1 rings (SSSR count). The first-order chi connectivity index (χ1) is 5.20. The molecule has 2 unspecified atom stereocenters. The summed E-state index contributed by atoms with van der Waals surface area (Å²) in [4.78, 5) is 0. The van der Waals surface area contributed by atoms with E-state index >= 15 is 0 Å². The van der Waals surface area contributed by atoms with Gasteiger partial charge in [0.2, 0.25) is 0 Å². The van der Waals surface area contributed by atoms with Gasteiger partial charge in [0.1, 0.15) is 0 Å². The third kappa shape index (κ3) is 2.86. The molecule has 0 heterocycles. The van der Waals surface area contributed by atoms with Gasteiger partial charge in [-0.3, -0.25) is 0 Å². The van der Waals surface area contributed by atoms with Gasteiger partial charge >= 0.3 is 0 Å². The third-order valence-corrected chi connectivity index (χ3v) is 2.93. The van der Waals surface area contributed by atoms with Gasteiger partial charge in [0, 0.05) is 5.38 Å². The molecule has 0 aromatic carbocycles. The number of rotatable bonds is 3. The highest BCUT2D eigenvalue weighted by Gasteiger charge is 2.13. The van der Waals surface area contributed by atoms with Crippen molar-refractivity contribution in [2.75, 3.05) is 0 Å². The van der Waals surface area contributed by atoms with Gasteiger partial charge in [-0.2, -0.15) is 0 Å². The first-order valence-corrected chi connectivity index (χ1v) is 4.95. The zero-order chi connectivity index (χ0) is 8.27. The summed E-state index contributed by atoms with van der Waals surface area (Å²) in [7, 11) is 0. The van der Waals surface area contributed by atoms with Gasteiger partial charge < -0.3 is 0 Å². The van der Waals surface area contributed by atoms with Crippen LogP contribution in [0.3, 0.4) is 0 Å². The maximum atomic E-state index is 5.98. The lowest BCUT2D eigenvalue weighted by Crippen LogP contribution is -2.07. The van der Waals surface area contributed by atoms with Crippen LogP contribution in [-0.4, -0.2) is 5.38 Å². The molecule has 0 saturated heterocycles. The molecule has 0 N–H and O–H groups in total. The SMILES string of the molecule is CC(Cl)C(C)CC1=CCCC1. The fraction of sp³-hybridized carbons (Fsp3) is 0.800. The monoisotopic (exact) mass is 172 g/mol. The van der Waals surface area contributed by atoms with Crippen molar-refractivity contribution in [2.45, 2.75) is 44.9 Å². The van der Waals surface area contributed by atoms with Gasteiger partial charge in [-0.05, 0) is 38.5 Å². The number of hydrogen-bond acceptors (Lipinski definition) is 0. The molecule has 0 saturated carbocycles. The van der Waals surface area contributed by atoms with E-state index in [0.29, 0.717) is 11.3 Å². The highest BCUT2D eigenvalue weighted by Crippen LogP contribution is 2.26. The molecular formula is C10H17Cl. The van der Waals surface area contributed by atoms with Gasteiger partial charge in [0.05, 0.1) is 0 Å². The molecule has 0 bridgehead atoms. The fourth-order valence-electron chi connectivity index (χ4n) is 1.50. The van der Waals surface area contributed by atoms with Crippen molar-refractivity contribution < 1.29 is 0 Å². The maximum Gasteiger partial charge on any atom is 0.0336 e. The molecule has 0 nitrogen and oxygen atoms in total. The second kappa shape index (κ2) is 4.15. The smallest absolute Gasteiger partial charge is 0.0336 e. The van der Waals surface area contributed by atoms with Crippen LogP contribution in [0, 0.1) is 5.92 Å². The van der Waals surface area contributed by atoms with Crippen LogP contribution in [0.5, 0.6) is 0 Å². The first-order valence-electron chi connectivity index (χ1n) is 4.52. The largest absolute Gasteiger partial charge is 0.123 e. The minimum atomic E-state index is 0.316. The second-order valence-electron chi connectivity index (χ2n) is 3.61. The standard InChI is InChI=1S/C10H17Cl/c1-8(9(2)11)7-10-5-3-4-6-10/h5,8-9H,3-4,6-7H2,1-2H3. The molecule has 0 aliphatic heterocycles. The minimum absolute atomic E-state index is 0.316. The summed E-state index contributed by atoms with van der Waals surface area (Å²) in [6.07, 6.45) is 7.56. The van der Waals surface area contributed by atoms with Crippen LogP contribution in [0.15, 0.2) is 11.6 Å². The Bertz CT molecular complexity index is 147. The van der Waals surface area contributed by atoms with Gasteiger partial charge in [-0.15, -0.1) is 11.6 Å². The highest BCUT2D eigenvalue weighted by molar-refractivity contribution is 6.20. The molecule has 2 atom stereocenters. The van der Waals surface area contributed by atoms with Crippen molar-refractivity contribution in [3.05, 3.63) is 11.6 Å². The molecular weight excluding hydrogens is 156 g/mol. The Morgan fingerprint density at radius 3 is 2.73 bits per heavy atom. The number of allylic oxidation sites excluding steroid dienone is 2. The predicted molar refractivity (Wildman–Crippen MR) is 51.0 cm³/mol. The van der Waals surface area contributed by atoms with Gasteiger partial charge in [0.25, 0.3) is 0 Å². The molecule has 0 aromatic heterocycles. The van der Waals surface area contributed by atoms with Crippen LogP contribution in [0.4, 0.5) is 0 Å². The fourth-order valence-corrected chi connectivity index (χ4v) is 1.59. The molecule has 0 aromatic rings. The average Bonchev–Trinajstić information content (AvgIpc) is 2.39. The second-order valence-corrected chi connectivity index (χ2v) is 4.30. The van der Waals surface area contributed by atoms with Crippen LogP contribution in [0.2, 0.25) is 0 Å². The Labute approximate surface area is 74.6 Å². The van der Waals surface area contributed by atoms with E-state index in [-0.39, 0.29) is 0 Å². The van der Waals surface area contributed by atoms with Gasteiger partial charge in [-0.1, -0.05) is 18.6 Å². The Morgan fingerprint density at radius 2 is 2.27 bits per heavy atom. The van der Waals surface area contributed by atoms with Gasteiger partial charge in [0.15, 0.2) is 0 Å². The minimum Gasteiger partial charge on any atom is -0.123 e. The summed E-state index contributed by atoms with van der Waals surface area (Å²) in [5.74, 6) is 0.640. The third-order valence-electron chi connectivity index (χ3n) is 2.50. The summed E-state index contributed by atoms with van der Waals surface area (Å²) in [5.41, 5.74) is 1.63. The zero-order valence-electron chi connectivity index (χ0n) is 7.44. The van der Waals surface area contributed by atoms with E-state index in [1.807, 2.05) is 0 Å². The number of hydrogen-bond donors (Lipinski definition) is 0. The normalized spacial score (nSPS) is 23.0. The van der Waals surface area contributed by atoms with E-state index < -0.39 is 0 Å². The zero-order valence-corrected chi connectivity index (χ0v) is 8.19. The van der Waals surface area contributed by atoms with E-state index in [2.05, 4.69) is 19.9 Å². The first kappa shape index (κ1) is 9.12. The van der Waals surface area contributed by atoms with E-state index in [4.69, 9.17) is 11.6 Å². The topological polar surface area (TPSA) is 0 Å². The number of alkyl halides is 1. The van der Waals surface area contributed by atoms with E-state index in [0.717, 1.165) is 0 Å². The quantitative estimate of drug-likeness (QED) is 0.449. The Balaban J connectivity index is 2.29. The molecule has 1 aliphatic carbocycles. The van der Waals surface area contributed by atoms with E-state index in [1.165, 1.54) is 25.7 Å². The van der Waals surface area contributed by atoms with Crippen molar-refractivity contribution >= 4 is 11.6 Å². The summed E-state index contributed by atoms with van der Waals surface area (Å²) in [5, 5.41) is 0.316. The summed E-state index contributed by atoms with van der Waals surface area (Å²) < 4.78 is 0. The highest BCUT2D eigenvalue weighted by atomic mass is 35.5. The average molecular weight is 173 g/mol. The molecule has 1 heteroatoms. The molecule has 0 fully saturated rings. The van der Waals surface area contributed by atoms with Crippen LogP contribution < -0.4 is 0 Å². The molecule has 0 amide bonds. The molecule has 1 aliphatic rings. The Morgan fingerprint density at radius 1 is 1.55 bits per heavy atom. The molecule has 0 radical (unpaired) electrons. The van der Waals surface area contributed by atoms with Crippen LogP contribution >= 0.6 is 11.6 Å². The van der Waals surface area contributed by atoms with E-state index in [1.54, 1.807) is 5.57 Å². The van der Waals surface area contributed by atoms with Crippen molar-refractivity contribution in [1.29, 1.82) is 0 Å². The van der Waals surface area contributed by atoms with Crippen LogP contribution in [0.1, 0.15) is 39.5 Å². The molecule has 0 spiro atoms.